The lowest BCUT2D eigenvalue weighted by Gasteiger charge is -2.19. The van der Waals surface area contributed by atoms with Crippen LogP contribution in [0.3, 0.4) is 0 Å². The van der Waals surface area contributed by atoms with Crippen LogP contribution in [0.25, 0.3) is 0 Å². The molecule has 2 nitrogen and oxygen atoms in total. The van der Waals surface area contributed by atoms with E-state index in [2.05, 4.69) is 19.9 Å². The van der Waals surface area contributed by atoms with Crippen LogP contribution >= 0.6 is 0 Å². The van der Waals surface area contributed by atoms with E-state index in [0.717, 1.165) is 17.7 Å². The van der Waals surface area contributed by atoms with E-state index in [-0.39, 0.29) is 5.78 Å². The molecule has 110 valence electrons. The number of hydrogen-bond acceptors (Lipinski definition) is 2. The number of ketones is 1. The second-order valence-corrected chi connectivity index (χ2v) is 5.34. The van der Waals surface area contributed by atoms with Gasteiger partial charge in [-0.15, -0.1) is 0 Å². The third kappa shape index (κ3) is 3.72. The first-order chi connectivity index (χ1) is 10.1. The molecule has 0 bridgehead atoms. The third-order valence-corrected chi connectivity index (χ3v) is 3.79. The molecule has 0 spiro atoms. The molecule has 0 heterocycles. The lowest BCUT2D eigenvalue weighted by atomic mass is 9.97. The highest BCUT2D eigenvalue weighted by molar-refractivity contribution is 5.99. The van der Waals surface area contributed by atoms with Gasteiger partial charge in [-0.1, -0.05) is 62.4 Å². The Balaban J connectivity index is 2.17. The van der Waals surface area contributed by atoms with Gasteiger partial charge in [0.1, 0.15) is 5.75 Å². The van der Waals surface area contributed by atoms with Crippen LogP contribution in [0.1, 0.15) is 49.0 Å². The number of hydrogen-bond donors (Lipinski definition) is 0. The van der Waals surface area contributed by atoms with Crippen molar-refractivity contribution in [2.45, 2.75) is 39.2 Å². The summed E-state index contributed by atoms with van der Waals surface area (Å²) in [5.41, 5.74) is 1.85. The average Bonchev–Trinajstić information content (AvgIpc) is 2.54. The Bertz CT molecular complexity index is 590. The number of carbonyl (C=O) groups excluding carboxylic acids is 1. The molecule has 0 amide bonds. The van der Waals surface area contributed by atoms with Crippen LogP contribution in [0.15, 0.2) is 54.6 Å². The van der Waals surface area contributed by atoms with Gasteiger partial charge in [-0.3, -0.25) is 4.79 Å². The maximum absolute atomic E-state index is 12.4. The van der Waals surface area contributed by atoms with E-state index in [4.69, 9.17) is 4.74 Å². The fourth-order valence-electron chi connectivity index (χ4n) is 2.30. The minimum atomic E-state index is -0.488. The first-order valence-electron chi connectivity index (χ1n) is 7.48. The zero-order chi connectivity index (χ0) is 15.2. The third-order valence-electron chi connectivity index (χ3n) is 3.79. The molecule has 2 aromatic rings. The van der Waals surface area contributed by atoms with Crippen molar-refractivity contribution in [1.82, 2.24) is 0 Å². The van der Waals surface area contributed by atoms with Crippen molar-refractivity contribution in [3.63, 3.8) is 0 Å². The molecule has 0 fully saturated rings. The van der Waals surface area contributed by atoms with E-state index < -0.39 is 6.10 Å². The van der Waals surface area contributed by atoms with Gasteiger partial charge in [0.25, 0.3) is 0 Å². The molecule has 0 aromatic heterocycles. The predicted molar refractivity (Wildman–Crippen MR) is 86.0 cm³/mol. The Morgan fingerprint density at radius 1 is 1.00 bits per heavy atom. The summed E-state index contributed by atoms with van der Waals surface area (Å²) < 4.78 is 5.94. The maximum Gasteiger partial charge on any atom is 0.202 e. The highest BCUT2D eigenvalue weighted by atomic mass is 16.5. The van der Waals surface area contributed by atoms with Crippen molar-refractivity contribution in [3.8, 4) is 5.75 Å². The van der Waals surface area contributed by atoms with Gasteiger partial charge >= 0.3 is 0 Å². The Kier molecular flexibility index (Phi) is 5.15. The number of carbonyl (C=O) groups is 1. The van der Waals surface area contributed by atoms with Gasteiger partial charge in [0.15, 0.2) is 6.10 Å². The summed E-state index contributed by atoms with van der Waals surface area (Å²) in [6.07, 6.45) is 0.555. The SMILES string of the molecule is CCC(C)c1ccccc1OC(C)C(=O)c1ccccc1. The van der Waals surface area contributed by atoms with E-state index >= 15 is 0 Å². The van der Waals surface area contributed by atoms with Crippen molar-refractivity contribution in [2.24, 2.45) is 0 Å². The molecular formula is C19H22O2. The van der Waals surface area contributed by atoms with Gasteiger partial charge < -0.3 is 4.74 Å². The lowest BCUT2D eigenvalue weighted by Crippen LogP contribution is -2.24. The fraction of sp³-hybridized carbons (Fsp3) is 0.316. The van der Waals surface area contributed by atoms with Crippen LogP contribution in [-0.4, -0.2) is 11.9 Å². The lowest BCUT2D eigenvalue weighted by molar-refractivity contribution is 0.0816. The standard InChI is InChI=1S/C19H22O2/c1-4-14(2)17-12-8-9-13-18(17)21-15(3)19(20)16-10-6-5-7-11-16/h5-15H,4H2,1-3H3. The van der Waals surface area contributed by atoms with Gasteiger partial charge in [0.2, 0.25) is 5.78 Å². The van der Waals surface area contributed by atoms with Crippen molar-refractivity contribution in [3.05, 3.63) is 65.7 Å². The van der Waals surface area contributed by atoms with E-state index in [1.54, 1.807) is 0 Å². The number of ether oxygens (including phenoxy) is 1. The highest BCUT2D eigenvalue weighted by Gasteiger charge is 2.19. The van der Waals surface area contributed by atoms with Gasteiger partial charge in [0.05, 0.1) is 0 Å². The van der Waals surface area contributed by atoms with Crippen molar-refractivity contribution in [2.75, 3.05) is 0 Å². The van der Waals surface area contributed by atoms with E-state index in [1.165, 1.54) is 0 Å². The van der Waals surface area contributed by atoms with Crippen LogP contribution < -0.4 is 4.74 Å². The average molecular weight is 282 g/mol. The van der Waals surface area contributed by atoms with E-state index in [1.807, 2.05) is 55.5 Å². The van der Waals surface area contributed by atoms with Crippen molar-refractivity contribution < 1.29 is 9.53 Å². The number of rotatable bonds is 6. The second kappa shape index (κ2) is 7.07. The molecule has 2 heteroatoms. The summed E-state index contributed by atoms with van der Waals surface area (Å²) in [7, 11) is 0. The highest BCUT2D eigenvalue weighted by Crippen LogP contribution is 2.29. The number of benzene rings is 2. The summed E-state index contributed by atoms with van der Waals surface area (Å²) in [5.74, 6) is 1.23. The molecule has 2 unspecified atom stereocenters. The van der Waals surface area contributed by atoms with Crippen LogP contribution in [0.4, 0.5) is 0 Å². The van der Waals surface area contributed by atoms with Gasteiger partial charge in [-0.25, -0.2) is 0 Å². The fourth-order valence-corrected chi connectivity index (χ4v) is 2.30. The summed E-state index contributed by atoms with van der Waals surface area (Å²) in [6.45, 7) is 6.13. The van der Waals surface area contributed by atoms with Crippen LogP contribution in [-0.2, 0) is 0 Å². The quantitative estimate of drug-likeness (QED) is 0.708. The van der Waals surface area contributed by atoms with Crippen molar-refractivity contribution >= 4 is 5.78 Å². The molecule has 0 N–H and O–H groups in total. The molecule has 2 rings (SSSR count). The summed E-state index contributed by atoms with van der Waals surface area (Å²) in [6, 6.07) is 17.3. The molecule has 2 atom stereocenters. The Labute approximate surface area is 126 Å². The van der Waals surface area contributed by atoms with Gasteiger partial charge in [-0.2, -0.15) is 0 Å². The molecule has 0 radical (unpaired) electrons. The minimum Gasteiger partial charge on any atom is -0.482 e. The molecular weight excluding hydrogens is 260 g/mol. The normalized spacial score (nSPS) is 13.5. The summed E-state index contributed by atoms with van der Waals surface area (Å²) >= 11 is 0. The molecule has 0 aliphatic rings. The predicted octanol–water partition coefficient (Wildman–Crippen LogP) is 4.85. The molecule has 2 aromatic carbocycles. The van der Waals surface area contributed by atoms with Gasteiger partial charge in [0, 0.05) is 5.56 Å². The second-order valence-electron chi connectivity index (χ2n) is 5.34. The Morgan fingerprint density at radius 2 is 1.62 bits per heavy atom. The topological polar surface area (TPSA) is 26.3 Å². The molecule has 0 aliphatic heterocycles. The van der Waals surface area contributed by atoms with E-state index in [9.17, 15) is 4.79 Å². The van der Waals surface area contributed by atoms with Crippen LogP contribution in [0, 0.1) is 0 Å². The Morgan fingerprint density at radius 3 is 2.29 bits per heavy atom. The first-order valence-corrected chi connectivity index (χ1v) is 7.48. The molecule has 21 heavy (non-hydrogen) atoms. The smallest absolute Gasteiger partial charge is 0.202 e. The van der Waals surface area contributed by atoms with Crippen molar-refractivity contribution in [1.29, 1.82) is 0 Å². The maximum atomic E-state index is 12.4. The van der Waals surface area contributed by atoms with Crippen LogP contribution in [0.5, 0.6) is 5.75 Å². The minimum absolute atomic E-state index is 0.00885. The first kappa shape index (κ1) is 15.3. The molecule has 0 saturated carbocycles. The number of Topliss-reactive ketones (excluding diaryl/α,β-unsaturated/α-hetero) is 1. The zero-order valence-electron chi connectivity index (χ0n) is 12.9. The van der Waals surface area contributed by atoms with E-state index in [0.29, 0.717) is 11.5 Å². The monoisotopic (exact) mass is 282 g/mol. The number of para-hydroxylation sites is 1. The molecule has 0 aliphatic carbocycles. The summed E-state index contributed by atoms with van der Waals surface area (Å²) in [4.78, 5) is 12.4. The largest absolute Gasteiger partial charge is 0.482 e. The summed E-state index contributed by atoms with van der Waals surface area (Å²) in [5, 5.41) is 0. The Hall–Kier alpha value is -2.09. The zero-order valence-corrected chi connectivity index (χ0v) is 12.9. The molecule has 0 saturated heterocycles. The van der Waals surface area contributed by atoms with Gasteiger partial charge in [-0.05, 0) is 30.9 Å². The van der Waals surface area contributed by atoms with Crippen LogP contribution in [0.2, 0.25) is 0 Å².